The fourth-order valence-corrected chi connectivity index (χ4v) is 2.32. The molecule has 2 heterocycles. The van der Waals surface area contributed by atoms with Crippen LogP contribution in [0.2, 0.25) is 0 Å². The molecule has 0 amide bonds. The van der Waals surface area contributed by atoms with Crippen molar-refractivity contribution in [3.63, 3.8) is 0 Å². The average Bonchev–Trinajstić information content (AvgIpc) is 3.20. The Hall–Kier alpha value is -2.83. The molecular formula is C17H18N4O3. The van der Waals surface area contributed by atoms with Crippen LogP contribution in [0.1, 0.15) is 36.0 Å². The van der Waals surface area contributed by atoms with Gasteiger partial charge in [0.15, 0.2) is 12.4 Å². The van der Waals surface area contributed by atoms with Gasteiger partial charge < -0.3 is 14.0 Å². The molecule has 1 aliphatic rings. The predicted molar refractivity (Wildman–Crippen MR) is 84.6 cm³/mol. The summed E-state index contributed by atoms with van der Waals surface area (Å²) in [5.41, 5.74) is 1.03. The van der Waals surface area contributed by atoms with Crippen LogP contribution in [0.15, 0.2) is 41.2 Å². The predicted octanol–water partition coefficient (Wildman–Crippen LogP) is 2.84. The molecule has 1 aromatic carbocycles. The van der Waals surface area contributed by atoms with Gasteiger partial charge in [-0.1, -0.05) is 5.16 Å². The second kappa shape index (κ2) is 6.35. The summed E-state index contributed by atoms with van der Waals surface area (Å²) in [4.78, 5) is 4.33. The lowest BCUT2D eigenvalue weighted by Crippen LogP contribution is -1.97. The van der Waals surface area contributed by atoms with Crippen LogP contribution in [0.4, 0.5) is 0 Å². The second-order valence-electron chi connectivity index (χ2n) is 5.89. The molecule has 124 valence electrons. The molecule has 7 nitrogen and oxygen atoms in total. The van der Waals surface area contributed by atoms with Crippen LogP contribution < -0.4 is 9.47 Å². The number of hydrogen-bond acceptors (Lipinski definition) is 6. The first-order valence-electron chi connectivity index (χ1n) is 7.92. The molecule has 0 spiro atoms. The Kier molecular flexibility index (Phi) is 3.90. The molecule has 1 fully saturated rings. The van der Waals surface area contributed by atoms with E-state index in [4.69, 9.17) is 14.0 Å². The van der Waals surface area contributed by atoms with Crippen LogP contribution in [-0.4, -0.2) is 19.9 Å². The Balaban J connectivity index is 1.28. The summed E-state index contributed by atoms with van der Waals surface area (Å²) in [6.07, 6.45) is 6.02. The van der Waals surface area contributed by atoms with Crippen molar-refractivity contribution >= 4 is 0 Å². The van der Waals surface area contributed by atoms with E-state index in [9.17, 15) is 0 Å². The maximum atomic E-state index is 5.71. The van der Waals surface area contributed by atoms with Crippen molar-refractivity contribution < 1.29 is 14.0 Å². The van der Waals surface area contributed by atoms with Crippen molar-refractivity contribution in [3.8, 4) is 11.5 Å². The highest BCUT2D eigenvalue weighted by Crippen LogP contribution is 2.38. The molecule has 0 bridgehead atoms. The highest BCUT2D eigenvalue weighted by atomic mass is 16.5. The van der Waals surface area contributed by atoms with Gasteiger partial charge in [0, 0.05) is 24.7 Å². The van der Waals surface area contributed by atoms with Crippen molar-refractivity contribution in [1.82, 2.24) is 19.9 Å². The number of hydrogen-bond donors (Lipinski definition) is 0. The van der Waals surface area contributed by atoms with E-state index >= 15 is 0 Å². The van der Waals surface area contributed by atoms with Crippen LogP contribution >= 0.6 is 0 Å². The Bertz CT molecular complexity index is 805. The molecule has 1 aliphatic carbocycles. The van der Waals surface area contributed by atoms with Crippen LogP contribution in [0.5, 0.6) is 11.5 Å². The molecule has 1 saturated carbocycles. The SMILES string of the molecule is Cn1cc(COc2ccc(OCc3nc(C4CC4)no3)cc2)cn1. The molecule has 0 atom stereocenters. The van der Waals surface area contributed by atoms with Gasteiger partial charge in [-0.2, -0.15) is 10.1 Å². The normalized spacial score (nSPS) is 13.9. The summed E-state index contributed by atoms with van der Waals surface area (Å²) in [7, 11) is 1.88. The van der Waals surface area contributed by atoms with Gasteiger partial charge in [0.05, 0.1) is 6.20 Å². The van der Waals surface area contributed by atoms with Gasteiger partial charge in [0.2, 0.25) is 0 Å². The quantitative estimate of drug-likeness (QED) is 0.664. The average molecular weight is 326 g/mol. The number of aryl methyl sites for hydroxylation is 1. The van der Waals surface area contributed by atoms with Gasteiger partial charge in [-0.15, -0.1) is 0 Å². The van der Waals surface area contributed by atoms with Crippen molar-refractivity contribution in [2.75, 3.05) is 0 Å². The van der Waals surface area contributed by atoms with Gasteiger partial charge >= 0.3 is 0 Å². The highest BCUT2D eigenvalue weighted by Gasteiger charge is 2.28. The van der Waals surface area contributed by atoms with Gasteiger partial charge in [-0.05, 0) is 37.1 Å². The Labute approximate surface area is 139 Å². The molecular weight excluding hydrogens is 308 g/mol. The molecule has 0 radical (unpaired) electrons. The molecule has 0 saturated heterocycles. The van der Waals surface area contributed by atoms with Crippen LogP contribution in [0.3, 0.4) is 0 Å². The Morgan fingerprint density at radius 1 is 1.12 bits per heavy atom. The molecule has 7 heteroatoms. The summed E-state index contributed by atoms with van der Waals surface area (Å²) in [5, 5.41) is 8.08. The zero-order chi connectivity index (χ0) is 16.4. The lowest BCUT2D eigenvalue weighted by Gasteiger charge is -2.06. The van der Waals surface area contributed by atoms with E-state index in [1.807, 2.05) is 37.5 Å². The van der Waals surface area contributed by atoms with Crippen molar-refractivity contribution in [2.45, 2.75) is 32.0 Å². The van der Waals surface area contributed by atoms with E-state index in [1.165, 1.54) is 0 Å². The number of ether oxygens (including phenoxy) is 2. The minimum absolute atomic E-state index is 0.273. The first-order valence-corrected chi connectivity index (χ1v) is 7.92. The van der Waals surface area contributed by atoms with E-state index in [-0.39, 0.29) is 6.61 Å². The number of rotatable bonds is 7. The smallest absolute Gasteiger partial charge is 0.264 e. The fraction of sp³-hybridized carbons (Fsp3) is 0.353. The molecule has 3 aromatic rings. The van der Waals surface area contributed by atoms with Crippen LogP contribution in [0.25, 0.3) is 0 Å². The zero-order valence-electron chi connectivity index (χ0n) is 13.4. The Morgan fingerprint density at radius 2 is 1.83 bits per heavy atom. The molecule has 2 aromatic heterocycles. The van der Waals surface area contributed by atoms with Gasteiger partial charge in [0.1, 0.15) is 18.1 Å². The van der Waals surface area contributed by atoms with E-state index in [2.05, 4.69) is 15.2 Å². The topological polar surface area (TPSA) is 75.2 Å². The Morgan fingerprint density at radius 3 is 2.46 bits per heavy atom. The lowest BCUT2D eigenvalue weighted by molar-refractivity contribution is 0.242. The summed E-state index contributed by atoms with van der Waals surface area (Å²) < 4.78 is 18.3. The molecule has 0 N–H and O–H groups in total. The van der Waals surface area contributed by atoms with Gasteiger partial charge in [-0.3, -0.25) is 4.68 Å². The third-order valence-corrected chi connectivity index (χ3v) is 3.78. The summed E-state index contributed by atoms with van der Waals surface area (Å²) >= 11 is 0. The number of benzene rings is 1. The number of aromatic nitrogens is 4. The minimum Gasteiger partial charge on any atom is -0.489 e. The first kappa shape index (κ1) is 14.7. The second-order valence-corrected chi connectivity index (χ2v) is 5.89. The minimum atomic E-state index is 0.273. The van der Waals surface area contributed by atoms with Gasteiger partial charge in [-0.25, -0.2) is 0 Å². The molecule has 24 heavy (non-hydrogen) atoms. The first-order chi connectivity index (χ1) is 11.8. The largest absolute Gasteiger partial charge is 0.489 e. The van der Waals surface area contributed by atoms with Crippen molar-refractivity contribution in [3.05, 3.63) is 53.9 Å². The zero-order valence-corrected chi connectivity index (χ0v) is 13.4. The molecule has 4 rings (SSSR count). The number of nitrogens with zero attached hydrogens (tertiary/aromatic N) is 4. The third kappa shape index (κ3) is 3.56. The monoisotopic (exact) mass is 326 g/mol. The van der Waals surface area contributed by atoms with E-state index in [1.54, 1.807) is 10.9 Å². The lowest BCUT2D eigenvalue weighted by atomic mass is 10.3. The van der Waals surface area contributed by atoms with Crippen molar-refractivity contribution in [2.24, 2.45) is 7.05 Å². The summed E-state index contributed by atoms with van der Waals surface area (Å²) in [6, 6.07) is 7.46. The summed E-state index contributed by atoms with van der Waals surface area (Å²) in [5.74, 6) is 3.30. The van der Waals surface area contributed by atoms with Crippen LogP contribution in [0, 0.1) is 0 Å². The maximum Gasteiger partial charge on any atom is 0.264 e. The molecule has 0 unspecified atom stereocenters. The van der Waals surface area contributed by atoms with Crippen LogP contribution in [-0.2, 0) is 20.3 Å². The summed E-state index contributed by atoms with van der Waals surface area (Å²) in [6.45, 7) is 0.760. The highest BCUT2D eigenvalue weighted by molar-refractivity contribution is 5.31. The van der Waals surface area contributed by atoms with E-state index in [0.29, 0.717) is 18.4 Å². The maximum absolute atomic E-state index is 5.71. The fourth-order valence-electron chi connectivity index (χ4n) is 2.32. The van der Waals surface area contributed by atoms with Crippen molar-refractivity contribution in [1.29, 1.82) is 0 Å². The third-order valence-electron chi connectivity index (χ3n) is 3.78. The van der Waals surface area contributed by atoms with Gasteiger partial charge in [0.25, 0.3) is 5.89 Å². The standard InChI is InChI=1S/C17H18N4O3/c1-21-9-12(8-18-21)10-22-14-4-6-15(7-5-14)23-11-16-19-17(20-24-16)13-2-3-13/h4-9,13H,2-3,10-11H2,1H3. The molecule has 0 aliphatic heterocycles. The van der Waals surface area contributed by atoms with E-state index in [0.717, 1.165) is 35.7 Å². The van der Waals surface area contributed by atoms with E-state index < -0.39 is 0 Å².